The Hall–Kier alpha value is 0.360. The molecule has 0 radical (unpaired) electrons. The number of aliphatic hydroxyl groups is 1. The van der Waals surface area contributed by atoms with E-state index >= 15 is 0 Å². The molecule has 7 heavy (non-hydrogen) atoms. The molecule has 38 valence electrons. The van der Waals surface area contributed by atoms with Gasteiger partial charge in [-0.1, -0.05) is 0 Å². The molecule has 0 spiro atoms. The van der Waals surface area contributed by atoms with E-state index in [9.17, 15) is 10.1 Å². The van der Waals surface area contributed by atoms with Gasteiger partial charge in [-0.15, -0.1) is 0 Å². The van der Waals surface area contributed by atoms with Gasteiger partial charge in [-0.25, -0.2) is 0 Å². The molecule has 0 aromatic carbocycles. The van der Waals surface area contributed by atoms with Crippen LogP contribution in [-0.2, 0) is 0 Å². The second kappa shape index (κ2) is 6.36. The van der Waals surface area contributed by atoms with Gasteiger partial charge in [0, 0.05) is 4.92 Å². The number of hydrogen-bond donors (Lipinski definition) is 1. The zero-order valence-electron chi connectivity index (χ0n) is 3.13. The molecule has 4 nitrogen and oxygen atoms in total. The van der Waals surface area contributed by atoms with E-state index in [1.165, 1.54) is 0 Å². The quantitative estimate of drug-likeness (QED) is 0.273. The van der Waals surface area contributed by atoms with Gasteiger partial charge in [0.15, 0.2) is 0 Å². The number of rotatable bonds is 2. The monoisotopic (exact) mass is 115 g/mol. The van der Waals surface area contributed by atoms with Gasteiger partial charge >= 0.3 is 29.6 Å². The number of aliphatic hydroxyl groups excluding tert-OH is 1. The van der Waals surface area contributed by atoms with Crippen molar-refractivity contribution in [3.05, 3.63) is 10.1 Å². The molecular formula is C2H6NNaO3. The normalized spacial score (nSPS) is 7.00. The Morgan fingerprint density at radius 1 is 1.71 bits per heavy atom. The Balaban J connectivity index is 0. The van der Waals surface area contributed by atoms with Gasteiger partial charge in [-0.2, -0.15) is 0 Å². The van der Waals surface area contributed by atoms with E-state index in [4.69, 9.17) is 5.11 Å². The van der Waals surface area contributed by atoms with E-state index < -0.39 is 4.92 Å². The molecule has 0 aromatic heterocycles. The fourth-order valence-electron chi connectivity index (χ4n) is 0.0816. The van der Waals surface area contributed by atoms with Crippen molar-refractivity contribution < 1.29 is 10.0 Å². The molecule has 0 fully saturated rings. The van der Waals surface area contributed by atoms with Crippen LogP contribution in [0.5, 0.6) is 0 Å². The van der Waals surface area contributed by atoms with E-state index in [0.29, 0.717) is 0 Å². The minimum absolute atomic E-state index is 0. The van der Waals surface area contributed by atoms with E-state index in [1.54, 1.807) is 0 Å². The summed E-state index contributed by atoms with van der Waals surface area (Å²) in [5.74, 6) is 0. The van der Waals surface area contributed by atoms with Crippen molar-refractivity contribution in [2.75, 3.05) is 13.2 Å². The minimum atomic E-state index is -0.569. The molecule has 0 aromatic rings. The topological polar surface area (TPSA) is 63.4 Å². The summed E-state index contributed by atoms with van der Waals surface area (Å²) in [5, 5.41) is 17.0. The Morgan fingerprint density at radius 2 is 2.14 bits per heavy atom. The van der Waals surface area contributed by atoms with E-state index in [-0.39, 0.29) is 42.7 Å². The zero-order chi connectivity index (χ0) is 4.99. The molecule has 0 saturated carbocycles. The van der Waals surface area contributed by atoms with Crippen molar-refractivity contribution in [3.63, 3.8) is 0 Å². The van der Waals surface area contributed by atoms with Crippen LogP contribution in [0.2, 0.25) is 0 Å². The molecule has 0 saturated heterocycles. The zero-order valence-corrected chi connectivity index (χ0v) is 3.13. The van der Waals surface area contributed by atoms with Gasteiger partial charge in [0.2, 0.25) is 6.54 Å². The molecule has 0 aliphatic rings. The van der Waals surface area contributed by atoms with Gasteiger partial charge in [-0.05, 0) is 0 Å². The molecule has 0 aliphatic heterocycles. The van der Waals surface area contributed by atoms with Gasteiger partial charge in [0.1, 0.15) is 6.61 Å². The number of nitrogens with zero attached hydrogens (tertiary/aromatic N) is 1. The Kier molecular flexibility index (Phi) is 9.42. The standard InChI is InChI=1S/C2H5NO3.Na.H/c4-2-1-3(5)6;;/h4H,1-2H2;;. The SMILES string of the molecule is O=[N+]([O-])CCO.[NaH]. The van der Waals surface area contributed by atoms with Crippen LogP contribution in [0.4, 0.5) is 0 Å². The predicted octanol–water partition coefficient (Wildman–Crippen LogP) is -1.39. The fraction of sp³-hybridized carbons (Fsp3) is 1.00. The first-order valence-electron chi connectivity index (χ1n) is 1.50. The first kappa shape index (κ1) is 10.4. The summed E-state index contributed by atoms with van der Waals surface area (Å²) in [5.41, 5.74) is 0. The summed E-state index contributed by atoms with van der Waals surface area (Å²) in [6.07, 6.45) is 0. The second-order valence-electron chi connectivity index (χ2n) is 0.780. The van der Waals surface area contributed by atoms with Crippen LogP contribution in [0.15, 0.2) is 0 Å². The van der Waals surface area contributed by atoms with Crippen LogP contribution >= 0.6 is 0 Å². The van der Waals surface area contributed by atoms with Crippen LogP contribution in [0.25, 0.3) is 0 Å². The van der Waals surface area contributed by atoms with Crippen molar-refractivity contribution in [3.8, 4) is 0 Å². The van der Waals surface area contributed by atoms with Crippen LogP contribution < -0.4 is 0 Å². The molecule has 0 atom stereocenters. The number of hydrogen-bond acceptors (Lipinski definition) is 3. The molecule has 0 rings (SSSR count). The molecule has 0 bridgehead atoms. The summed E-state index contributed by atoms with van der Waals surface area (Å²) in [4.78, 5) is 8.68. The maximum absolute atomic E-state index is 9.24. The van der Waals surface area contributed by atoms with Crippen LogP contribution in [0, 0.1) is 10.1 Å². The Bertz CT molecular complexity index is 56.9. The van der Waals surface area contributed by atoms with Crippen LogP contribution in [-0.4, -0.2) is 52.7 Å². The maximum atomic E-state index is 9.24. The van der Waals surface area contributed by atoms with Gasteiger partial charge in [0.25, 0.3) is 0 Å². The summed E-state index contributed by atoms with van der Waals surface area (Å²) in [6.45, 7) is -0.715. The molecule has 0 unspecified atom stereocenters. The molecule has 0 heterocycles. The predicted molar refractivity (Wildman–Crippen MR) is 26.1 cm³/mol. The third kappa shape index (κ3) is 10.7. The summed E-state index contributed by atoms with van der Waals surface area (Å²) < 4.78 is 0. The molecule has 1 N–H and O–H groups in total. The van der Waals surface area contributed by atoms with Gasteiger partial charge in [0.05, 0.1) is 0 Å². The Morgan fingerprint density at radius 3 is 2.14 bits per heavy atom. The third-order valence-corrected chi connectivity index (χ3v) is 0.283. The van der Waals surface area contributed by atoms with Crippen molar-refractivity contribution >= 4 is 29.6 Å². The average molecular weight is 115 g/mol. The molecule has 5 heteroatoms. The van der Waals surface area contributed by atoms with Gasteiger partial charge < -0.3 is 5.11 Å². The fourth-order valence-corrected chi connectivity index (χ4v) is 0.0816. The summed E-state index contributed by atoms with van der Waals surface area (Å²) >= 11 is 0. The van der Waals surface area contributed by atoms with E-state index in [0.717, 1.165) is 0 Å². The van der Waals surface area contributed by atoms with E-state index in [1.807, 2.05) is 0 Å². The molecule has 0 amide bonds. The summed E-state index contributed by atoms with van der Waals surface area (Å²) in [6, 6.07) is 0. The van der Waals surface area contributed by atoms with Crippen molar-refractivity contribution in [2.45, 2.75) is 0 Å². The van der Waals surface area contributed by atoms with Gasteiger partial charge in [-0.3, -0.25) is 10.1 Å². The summed E-state index contributed by atoms with van der Waals surface area (Å²) in [7, 11) is 0. The van der Waals surface area contributed by atoms with Crippen LogP contribution in [0.1, 0.15) is 0 Å². The third-order valence-electron chi connectivity index (χ3n) is 0.283. The second-order valence-corrected chi connectivity index (χ2v) is 0.780. The van der Waals surface area contributed by atoms with Crippen molar-refractivity contribution in [1.29, 1.82) is 0 Å². The van der Waals surface area contributed by atoms with Crippen molar-refractivity contribution in [1.82, 2.24) is 0 Å². The first-order valence-corrected chi connectivity index (χ1v) is 1.50. The number of nitro groups is 1. The van der Waals surface area contributed by atoms with Crippen LogP contribution in [0.3, 0.4) is 0 Å². The van der Waals surface area contributed by atoms with Crippen molar-refractivity contribution in [2.24, 2.45) is 0 Å². The average Bonchev–Trinajstić information content (AvgIpc) is 1.35. The molecular weight excluding hydrogens is 109 g/mol. The molecule has 0 aliphatic carbocycles. The van der Waals surface area contributed by atoms with E-state index in [2.05, 4.69) is 0 Å². The first-order chi connectivity index (χ1) is 2.77. The Labute approximate surface area is 63.0 Å².